The summed E-state index contributed by atoms with van der Waals surface area (Å²) >= 11 is 0. The lowest BCUT2D eigenvalue weighted by atomic mass is 9.87. The molecule has 2 rings (SSSR count). The van der Waals surface area contributed by atoms with Crippen LogP contribution in [0.2, 0.25) is 0 Å². The summed E-state index contributed by atoms with van der Waals surface area (Å²) in [7, 11) is 0. The van der Waals surface area contributed by atoms with Gasteiger partial charge in [0.25, 0.3) is 0 Å². The molecular formula is C13H14F2O2. The SMILES string of the molecule is Cc1cc(F)c(C)c(C2(CC(=O)O)CC2)c1F. The van der Waals surface area contributed by atoms with Gasteiger partial charge in [-0.05, 0) is 43.9 Å². The Balaban J connectivity index is 2.55. The molecule has 17 heavy (non-hydrogen) atoms. The van der Waals surface area contributed by atoms with Gasteiger partial charge in [-0.3, -0.25) is 4.79 Å². The molecule has 0 saturated heterocycles. The topological polar surface area (TPSA) is 37.3 Å². The van der Waals surface area contributed by atoms with Crippen molar-refractivity contribution in [3.05, 3.63) is 34.4 Å². The Morgan fingerprint density at radius 3 is 2.47 bits per heavy atom. The van der Waals surface area contributed by atoms with Gasteiger partial charge in [0.05, 0.1) is 6.42 Å². The molecule has 1 N–H and O–H groups in total. The maximum atomic E-state index is 14.1. The summed E-state index contributed by atoms with van der Waals surface area (Å²) in [5.41, 5.74) is 0.0522. The Hall–Kier alpha value is -1.45. The molecule has 1 fully saturated rings. The number of hydrogen-bond acceptors (Lipinski definition) is 1. The molecule has 4 heteroatoms. The van der Waals surface area contributed by atoms with Crippen molar-refractivity contribution in [2.75, 3.05) is 0 Å². The van der Waals surface area contributed by atoms with Gasteiger partial charge in [0.2, 0.25) is 0 Å². The van der Waals surface area contributed by atoms with Crippen LogP contribution in [0.15, 0.2) is 6.07 Å². The molecule has 0 aliphatic heterocycles. The van der Waals surface area contributed by atoms with Gasteiger partial charge in [0.1, 0.15) is 11.6 Å². The fourth-order valence-electron chi connectivity index (χ4n) is 2.43. The summed E-state index contributed by atoms with van der Waals surface area (Å²) in [4.78, 5) is 10.8. The van der Waals surface area contributed by atoms with Crippen LogP contribution in [0.1, 0.15) is 36.0 Å². The molecular weight excluding hydrogens is 226 g/mol. The van der Waals surface area contributed by atoms with E-state index < -0.39 is 23.0 Å². The van der Waals surface area contributed by atoms with Crippen molar-refractivity contribution in [3.8, 4) is 0 Å². The van der Waals surface area contributed by atoms with Crippen molar-refractivity contribution in [3.63, 3.8) is 0 Å². The molecule has 1 aliphatic rings. The lowest BCUT2D eigenvalue weighted by Crippen LogP contribution is -2.17. The van der Waals surface area contributed by atoms with E-state index >= 15 is 0 Å². The summed E-state index contributed by atoms with van der Waals surface area (Å²) in [6, 6.07) is 1.16. The van der Waals surface area contributed by atoms with Gasteiger partial charge < -0.3 is 5.11 Å². The van der Waals surface area contributed by atoms with Crippen LogP contribution >= 0.6 is 0 Å². The van der Waals surface area contributed by atoms with E-state index in [1.165, 1.54) is 13.8 Å². The van der Waals surface area contributed by atoms with E-state index in [4.69, 9.17) is 5.11 Å². The third-order valence-corrected chi connectivity index (χ3v) is 3.52. The molecule has 92 valence electrons. The largest absolute Gasteiger partial charge is 0.481 e. The van der Waals surface area contributed by atoms with E-state index in [9.17, 15) is 13.6 Å². The first-order chi connectivity index (χ1) is 7.87. The Morgan fingerprint density at radius 1 is 1.41 bits per heavy atom. The van der Waals surface area contributed by atoms with E-state index in [1.807, 2.05) is 0 Å². The number of halogens is 2. The van der Waals surface area contributed by atoms with E-state index in [-0.39, 0.29) is 23.1 Å². The highest BCUT2D eigenvalue weighted by Crippen LogP contribution is 2.53. The second-order valence-corrected chi connectivity index (χ2v) is 4.84. The second kappa shape index (κ2) is 3.79. The number of benzene rings is 1. The van der Waals surface area contributed by atoms with Gasteiger partial charge in [-0.15, -0.1) is 0 Å². The Labute approximate surface area is 98.3 Å². The van der Waals surface area contributed by atoms with E-state index in [2.05, 4.69) is 0 Å². The van der Waals surface area contributed by atoms with Crippen molar-refractivity contribution in [1.82, 2.24) is 0 Å². The molecule has 2 nitrogen and oxygen atoms in total. The van der Waals surface area contributed by atoms with Gasteiger partial charge in [-0.1, -0.05) is 0 Å². The first kappa shape index (κ1) is 12.0. The van der Waals surface area contributed by atoms with E-state index in [1.54, 1.807) is 0 Å². The minimum Gasteiger partial charge on any atom is -0.481 e. The monoisotopic (exact) mass is 240 g/mol. The van der Waals surface area contributed by atoms with Crippen molar-refractivity contribution >= 4 is 5.97 Å². The Bertz CT molecular complexity index is 464. The van der Waals surface area contributed by atoms with Crippen LogP contribution in [0.3, 0.4) is 0 Å². The lowest BCUT2D eigenvalue weighted by Gasteiger charge is -2.19. The Kier molecular flexibility index (Phi) is 2.68. The van der Waals surface area contributed by atoms with Gasteiger partial charge >= 0.3 is 5.97 Å². The molecule has 0 aromatic heterocycles. The van der Waals surface area contributed by atoms with Crippen molar-refractivity contribution in [1.29, 1.82) is 0 Å². The fourth-order valence-corrected chi connectivity index (χ4v) is 2.43. The third-order valence-electron chi connectivity index (χ3n) is 3.52. The zero-order valence-corrected chi connectivity index (χ0v) is 9.81. The number of carbonyl (C=O) groups is 1. The number of aliphatic carboxylic acids is 1. The van der Waals surface area contributed by atoms with Gasteiger partial charge in [0.15, 0.2) is 0 Å². The maximum absolute atomic E-state index is 14.1. The van der Waals surface area contributed by atoms with E-state index in [0.29, 0.717) is 12.8 Å². The van der Waals surface area contributed by atoms with Crippen LogP contribution in [-0.4, -0.2) is 11.1 Å². The molecule has 0 radical (unpaired) electrons. The van der Waals surface area contributed by atoms with Gasteiger partial charge in [-0.2, -0.15) is 0 Å². The highest BCUT2D eigenvalue weighted by Gasteiger charge is 2.49. The zero-order valence-electron chi connectivity index (χ0n) is 9.81. The molecule has 1 aliphatic carbocycles. The summed E-state index contributed by atoms with van der Waals surface area (Å²) in [6.07, 6.45) is 1.09. The standard InChI is InChI=1S/C13H14F2O2/c1-7-5-9(14)8(2)11(12(7)15)13(3-4-13)6-10(16)17/h5H,3-4,6H2,1-2H3,(H,16,17). The minimum absolute atomic E-state index is 0.131. The number of carboxylic acid groups (broad SMARTS) is 1. The summed E-state index contributed by atoms with van der Waals surface area (Å²) in [6.45, 7) is 3.01. The van der Waals surface area contributed by atoms with Crippen molar-refractivity contribution < 1.29 is 18.7 Å². The van der Waals surface area contributed by atoms with Crippen LogP contribution < -0.4 is 0 Å². The van der Waals surface area contributed by atoms with Crippen molar-refractivity contribution in [2.45, 2.75) is 38.5 Å². The number of hydrogen-bond donors (Lipinski definition) is 1. The number of rotatable bonds is 3. The third kappa shape index (κ3) is 1.92. The van der Waals surface area contributed by atoms with Crippen molar-refractivity contribution in [2.24, 2.45) is 0 Å². The summed E-state index contributed by atoms with van der Waals surface area (Å²) in [5.74, 6) is -1.89. The van der Waals surface area contributed by atoms with E-state index in [0.717, 1.165) is 6.07 Å². The smallest absolute Gasteiger partial charge is 0.304 e. The summed E-state index contributed by atoms with van der Waals surface area (Å²) < 4.78 is 27.7. The average Bonchev–Trinajstić information content (AvgIpc) is 2.95. The molecule has 0 bridgehead atoms. The summed E-state index contributed by atoms with van der Waals surface area (Å²) in [5, 5.41) is 8.85. The first-order valence-corrected chi connectivity index (χ1v) is 5.55. The second-order valence-electron chi connectivity index (χ2n) is 4.84. The van der Waals surface area contributed by atoms with Gasteiger partial charge in [0, 0.05) is 11.0 Å². The molecule has 0 spiro atoms. The normalized spacial score (nSPS) is 16.9. The van der Waals surface area contributed by atoms with Crippen LogP contribution in [0.25, 0.3) is 0 Å². The number of carboxylic acids is 1. The molecule has 1 saturated carbocycles. The molecule has 0 amide bonds. The highest BCUT2D eigenvalue weighted by atomic mass is 19.1. The first-order valence-electron chi connectivity index (χ1n) is 5.55. The predicted octanol–water partition coefficient (Wildman–Crippen LogP) is 3.09. The minimum atomic E-state index is -0.969. The maximum Gasteiger partial charge on any atom is 0.304 e. The molecule has 1 aromatic rings. The fraction of sp³-hybridized carbons (Fsp3) is 0.462. The molecule has 0 atom stereocenters. The quantitative estimate of drug-likeness (QED) is 0.881. The lowest BCUT2D eigenvalue weighted by molar-refractivity contribution is -0.137. The van der Waals surface area contributed by atoms with Crippen LogP contribution in [0, 0.1) is 25.5 Å². The van der Waals surface area contributed by atoms with Crippen LogP contribution in [-0.2, 0) is 10.2 Å². The van der Waals surface area contributed by atoms with Crippen LogP contribution in [0.4, 0.5) is 8.78 Å². The number of aryl methyl sites for hydroxylation is 1. The predicted molar refractivity (Wildman–Crippen MR) is 59.0 cm³/mol. The highest BCUT2D eigenvalue weighted by molar-refractivity contribution is 5.70. The zero-order chi connectivity index (χ0) is 12.8. The molecule has 0 unspecified atom stereocenters. The Morgan fingerprint density at radius 2 is 2.00 bits per heavy atom. The van der Waals surface area contributed by atoms with Crippen LogP contribution in [0.5, 0.6) is 0 Å². The molecule has 1 aromatic carbocycles. The molecule has 0 heterocycles. The van der Waals surface area contributed by atoms with Gasteiger partial charge in [-0.25, -0.2) is 8.78 Å². The average molecular weight is 240 g/mol.